The minimum absolute atomic E-state index is 0.173. The fraction of sp³-hybridized carbons (Fsp3) is 0.273. The van der Waals surface area contributed by atoms with E-state index in [1.807, 2.05) is 30.5 Å². The molecule has 7 heteroatoms. The zero-order valence-corrected chi connectivity index (χ0v) is 16.9. The van der Waals surface area contributed by atoms with E-state index >= 15 is 0 Å². The number of carbonyl (C=O) groups is 2. The summed E-state index contributed by atoms with van der Waals surface area (Å²) >= 11 is 1.32. The van der Waals surface area contributed by atoms with E-state index in [9.17, 15) is 14.9 Å². The van der Waals surface area contributed by atoms with Crippen molar-refractivity contribution in [1.82, 2.24) is 9.97 Å². The molecule has 1 aromatic carbocycles. The number of ether oxygens (including phenoxy) is 1. The van der Waals surface area contributed by atoms with Gasteiger partial charge >= 0.3 is 5.97 Å². The number of thioether (sulfide) groups is 1. The molecule has 146 valence electrons. The average molecular weight is 405 g/mol. The normalized spacial score (nSPS) is 14.4. The number of fused-ring (bicyclic) bond motifs is 1. The van der Waals surface area contributed by atoms with E-state index < -0.39 is 12.1 Å². The lowest BCUT2D eigenvalue weighted by Gasteiger charge is -2.14. The smallest absolute Gasteiger partial charge is 0.340 e. The van der Waals surface area contributed by atoms with Gasteiger partial charge in [0.15, 0.2) is 6.10 Å². The first-order valence-corrected chi connectivity index (χ1v) is 10.6. The van der Waals surface area contributed by atoms with Gasteiger partial charge < -0.3 is 9.72 Å². The maximum Gasteiger partial charge on any atom is 0.340 e. The Labute approximate surface area is 172 Å². The number of hydrogen-bond donors (Lipinski definition) is 1. The van der Waals surface area contributed by atoms with Crippen molar-refractivity contribution in [1.29, 1.82) is 5.26 Å². The molecule has 3 aromatic rings. The molecule has 1 atom stereocenters. The highest BCUT2D eigenvalue weighted by atomic mass is 32.2. The summed E-state index contributed by atoms with van der Waals surface area (Å²) in [7, 11) is 0. The lowest BCUT2D eigenvalue weighted by Crippen LogP contribution is -2.25. The number of nitrogens with one attached hydrogen (secondary N) is 1. The number of aromatic amines is 1. The van der Waals surface area contributed by atoms with Crippen molar-refractivity contribution in [2.24, 2.45) is 0 Å². The molecule has 2 aromatic heterocycles. The summed E-state index contributed by atoms with van der Waals surface area (Å²) < 4.78 is 5.48. The molecule has 1 fully saturated rings. The number of Topliss-reactive ketones (excluding diaryl/α,β-unsaturated/α-hetero) is 1. The molecule has 0 aliphatic heterocycles. The van der Waals surface area contributed by atoms with Crippen LogP contribution in [0.1, 0.15) is 57.7 Å². The topological polar surface area (TPSA) is 95.8 Å². The molecular formula is C22H19N3O3S. The number of carbonyl (C=O) groups excluding carboxylic acids is 2. The van der Waals surface area contributed by atoms with Gasteiger partial charge in [-0.1, -0.05) is 18.2 Å². The molecule has 0 radical (unpaired) electrons. The van der Waals surface area contributed by atoms with Gasteiger partial charge in [0.25, 0.3) is 0 Å². The second kappa shape index (κ2) is 7.72. The Morgan fingerprint density at radius 1 is 1.31 bits per heavy atom. The van der Waals surface area contributed by atoms with Crippen LogP contribution in [0.5, 0.6) is 0 Å². The van der Waals surface area contributed by atoms with Gasteiger partial charge in [0.2, 0.25) is 5.78 Å². The van der Waals surface area contributed by atoms with Crippen molar-refractivity contribution < 1.29 is 14.3 Å². The lowest BCUT2D eigenvalue weighted by molar-refractivity contribution is 0.0318. The van der Waals surface area contributed by atoms with Crippen molar-refractivity contribution in [3.05, 3.63) is 58.9 Å². The molecule has 4 rings (SSSR count). The molecule has 6 nitrogen and oxygen atoms in total. The van der Waals surface area contributed by atoms with Crippen molar-refractivity contribution in [2.45, 2.75) is 36.8 Å². The molecule has 0 amide bonds. The molecule has 1 N–H and O–H groups in total. The summed E-state index contributed by atoms with van der Waals surface area (Å²) in [5, 5.41) is 10.8. The van der Waals surface area contributed by atoms with Crippen LogP contribution in [0.25, 0.3) is 10.9 Å². The molecule has 29 heavy (non-hydrogen) atoms. The van der Waals surface area contributed by atoms with E-state index in [-0.39, 0.29) is 16.9 Å². The molecule has 1 aliphatic carbocycles. The number of nitriles is 1. The van der Waals surface area contributed by atoms with Crippen LogP contribution < -0.4 is 0 Å². The number of pyridine rings is 1. The van der Waals surface area contributed by atoms with Crippen LogP contribution in [0, 0.1) is 11.3 Å². The van der Waals surface area contributed by atoms with E-state index in [0.717, 1.165) is 29.4 Å². The Morgan fingerprint density at radius 2 is 2.07 bits per heavy atom. The molecule has 0 saturated heterocycles. The Bertz CT molecular complexity index is 1160. The van der Waals surface area contributed by atoms with Gasteiger partial charge in [-0.05, 0) is 38.2 Å². The summed E-state index contributed by atoms with van der Waals surface area (Å²) in [5.41, 5.74) is 2.48. The Hall–Kier alpha value is -3.11. The van der Waals surface area contributed by atoms with Gasteiger partial charge in [-0.15, -0.1) is 11.8 Å². The Balaban J connectivity index is 1.61. The largest absolute Gasteiger partial charge is 0.451 e. The van der Waals surface area contributed by atoms with Crippen LogP contribution in [0.15, 0.2) is 41.6 Å². The fourth-order valence-electron chi connectivity index (χ4n) is 3.32. The SMILES string of the molecule is CSc1nc(C2CC2)cc(C(=O)OC(C)C(=O)c2c[nH]c3ccccc23)c1C#N. The molecular weight excluding hydrogens is 386 g/mol. The summed E-state index contributed by atoms with van der Waals surface area (Å²) in [6, 6.07) is 11.2. The monoisotopic (exact) mass is 405 g/mol. The third-order valence-electron chi connectivity index (χ3n) is 5.03. The van der Waals surface area contributed by atoms with Gasteiger partial charge in [0, 0.05) is 34.3 Å². The molecule has 1 aliphatic rings. The first-order chi connectivity index (χ1) is 14.0. The van der Waals surface area contributed by atoms with Crippen molar-refractivity contribution >= 4 is 34.4 Å². The Kier molecular flexibility index (Phi) is 5.12. The van der Waals surface area contributed by atoms with Crippen LogP contribution in [0.4, 0.5) is 0 Å². The highest BCUT2D eigenvalue weighted by Gasteiger charge is 2.30. The average Bonchev–Trinajstić information content (AvgIpc) is 3.51. The summed E-state index contributed by atoms with van der Waals surface area (Å²) in [4.78, 5) is 33.3. The zero-order chi connectivity index (χ0) is 20.5. The van der Waals surface area contributed by atoms with Crippen LogP contribution in [-0.2, 0) is 4.74 Å². The van der Waals surface area contributed by atoms with Gasteiger partial charge in [-0.25, -0.2) is 9.78 Å². The third-order valence-corrected chi connectivity index (χ3v) is 5.72. The minimum Gasteiger partial charge on any atom is -0.451 e. The summed E-state index contributed by atoms with van der Waals surface area (Å²) in [6.45, 7) is 1.55. The van der Waals surface area contributed by atoms with Crippen LogP contribution >= 0.6 is 11.8 Å². The second-order valence-corrected chi connectivity index (χ2v) is 7.82. The van der Waals surface area contributed by atoms with Crippen molar-refractivity contribution in [3.63, 3.8) is 0 Å². The van der Waals surface area contributed by atoms with Gasteiger partial charge in [-0.2, -0.15) is 5.26 Å². The highest BCUT2D eigenvalue weighted by Crippen LogP contribution is 2.40. The van der Waals surface area contributed by atoms with E-state index in [4.69, 9.17) is 4.74 Å². The molecule has 1 saturated carbocycles. The number of aromatic nitrogens is 2. The molecule has 0 bridgehead atoms. The number of nitrogens with zero attached hydrogens (tertiary/aromatic N) is 2. The van der Waals surface area contributed by atoms with Gasteiger partial charge in [-0.3, -0.25) is 4.79 Å². The lowest BCUT2D eigenvalue weighted by atomic mass is 10.1. The zero-order valence-electron chi connectivity index (χ0n) is 16.1. The maximum atomic E-state index is 12.9. The van der Waals surface area contributed by atoms with E-state index in [1.54, 1.807) is 19.2 Å². The highest BCUT2D eigenvalue weighted by molar-refractivity contribution is 7.98. The number of benzene rings is 1. The van der Waals surface area contributed by atoms with E-state index in [0.29, 0.717) is 16.5 Å². The molecule has 0 spiro atoms. The van der Waals surface area contributed by atoms with Gasteiger partial charge in [0.1, 0.15) is 11.1 Å². The first-order valence-electron chi connectivity index (χ1n) is 9.33. The molecule has 2 heterocycles. The quantitative estimate of drug-likeness (QED) is 0.369. The minimum atomic E-state index is -0.983. The molecule has 1 unspecified atom stereocenters. The maximum absolute atomic E-state index is 12.9. The standard InChI is InChI=1S/C22H19N3O3S/c1-12(20(26)17-11-24-18-6-4-3-5-14(17)18)28-22(27)15-9-19(13-7-8-13)25-21(29-2)16(15)10-23/h3-6,9,11-13,24H,7-8H2,1-2H3. The van der Waals surface area contributed by atoms with Crippen molar-refractivity contribution in [2.75, 3.05) is 6.26 Å². The summed E-state index contributed by atoms with van der Waals surface area (Å²) in [5.74, 6) is -0.650. The fourth-order valence-corrected chi connectivity index (χ4v) is 3.87. The first kappa shape index (κ1) is 19.2. The van der Waals surface area contributed by atoms with E-state index in [2.05, 4.69) is 16.0 Å². The second-order valence-electron chi connectivity index (χ2n) is 7.02. The number of rotatable bonds is 6. The van der Waals surface area contributed by atoms with Crippen LogP contribution in [-0.4, -0.2) is 34.1 Å². The Morgan fingerprint density at radius 3 is 2.76 bits per heavy atom. The van der Waals surface area contributed by atoms with Crippen LogP contribution in [0.3, 0.4) is 0 Å². The van der Waals surface area contributed by atoms with E-state index in [1.165, 1.54) is 11.8 Å². The van der Waals surface area contributed by atoms with Crippen LogP contribution in [0.2, 0.25) is 0 Å². The van der Waals surface area contributed by atoms with Crippen molar-refractivity contribution in [3.8, 4) is 6.07 Å². The van der Waals surface area contributed by atoms with Gasteiger partial charge in [0.05, 0.1) is 11.1 Å². The predicted molar refractivity (Wildman–Crippen MR) is 110 cm³/mol. The number of ketones is 1. The predicted octanol–water partition coefficient (Wildman–Crippen LogP) is 4.46. The number of para-hydroxylation sites is 1. The third kappa shape index (κ3) is 3.64. The number of hydrogen-bond acceptors (Lipinski definition) is 6. The number of esters is 1. The summed E-state index contributed by atoms with van der Waals surface area (Å²) in [6.07, 6.45) is 4.51. The number of H-pyrrole nitrogens is 1.